The maximum Gasteiger partial charge on any atom is 0.573 e. The molecule has 0 radical (unpaired) electrons. The third kappa shape index (κ3) is 3.56. The Morgan fingerprint density at radius 1 is 1.31 bits per heavy atom. The highest BCUT2D eigenvalue weighted by atomic mass is 19.4. The van der Waals surface area contributed by atoms with Crippen molar-refractivity contribution in [3.63, 3.8) is 0 Å². The summed E-state index contributed by atoms with van der Waals surface area (Å²) in [5, 5.41) is 0. The first-order chi connectivity index (χ1) is 7.44. The summed E-state index contributed by atoms with van der Waals surface area (Å²) in [6.07, 6.45) is -3.99. The second-order valence-corrected chi connectivity index (χ2v) is 3.22. The minimum absolute atomic E-state index is 0.0262. The molecule has 0 saturated carbocycles. The lowest BCUT2D eigenvalue weighted by molar-refractivity contribution is -0.274. The van der Waals surface area contributed by atoms with E-state index in [1.165, 1.54) is 18.2 Å². The van der Waals surface area contributed by atoms with Gasteiger partial charge >= 0.3 is 6.36 Å². The highest BCUT2D eigenvalue weighted by Gasteiger charge is 2.32. The van der Waals surface area contributed by atoms with Crippen LogP contribution >= 0.6 is 0 Å². The molecule has 5 heteroatoms. The van der Waals surface area contributed by atoms with Crippen molar-refractivity contribution in [1.29, 1.82) is 0 Å². The van der Waals surface area contributed by atoms with E-state index >= 15 is 0 Å². The van der Waals surface area contributed by atoms with E-state index in [0.29, 0.717) is 6.42 Å². The maximum absolute atomic E-state index is 12.0. The number of carbonyl (C=O) groups is 1. The summed E-state index contributed by atoms with van der Waals surface area (Å²) >= 11 is 0. The van der Waals surface area contributed by atoms with Crippen molar-refractivity contribution in [2.75, 3.05) is 0 Å². The van der Waals surface area contributed by atoms with Gasteiger partial charge in [0.15, 0.2) is 5.78 Å². The van der Waals surface area contributed by atoms with Gasteiger partial charge in [-0.15, -0.1) is 13.2 Å². The van der Waals surface area contributed by atoms with Crippen LogP contribution in [-0.2, 0) is 0 Å². The van der Waals surface area contributed by atoms with Crippen molar-refractivity contribution in [3.8, 4) is 5.75 Å². The molecule has 0 bridgehead atoms. The van der Waals surface area contributed by atoms with Crippen LogP contribution in [0.25, 0.3) is 0 Å². The quantitative estimate of drug-likeness (QED) is 0.742. The van der Waals surface area contributed by atoms with Gasteiger partial charge in [0.25, 0.3) is 0 Å². The van der Waals surface area contributed by atoms with Crippen molar-refractivity contribution in [3.05, 3.63) is 29.8 Å². The van der Waals surface area contributed by atoms with E-state index in [0.717, 1.165) is 6.07 Å². The van der Waals surface area contributed by atoms with Crippen LogP contribution < -0.4 is 4.74 Å². The van der Waals surface area contributed by atoms with Crippen LogP contribution in [0.5, 0.6) is 5.75 Å². The van der Waals surface area contributed by atoms with E-state index in [2.05, 4.69) is 4.74 Å². The first-order valence-electron chi connectivity index (χ1n) is 4.82. The number of ketones is 1. The van der Waals surface area contributed by atoms with Gasteiger partial charge in [-0.05, 0) is 18.6 Å². The first kappa shape index (κ1) is 12.5. The first-order valence-corrected chi connectivity index (χ1v) is 4.82. The lowest BCUT2D eigenvalue weighted by Gasteiger charge is -2.12. The zero-order valence-corrected chi connectivity index (χ0v) is 8.67. The fourth-order valence-corrected chi connectivity index (χ4v) is 1.27. The molecule has 88 valence electrons. The predicted octanol–water partition coefficient (Wildman–Crippen LogP) is 3.57. The number of rotatable bonds is 4. The summed E-state index contributed by atoms with van der Waals surface area (Å²) in [5.41, 5.74) is -0.0262. The standard InChI is InChI=1S/C11H11F3O2/c1-2-5-9(15)8-6-3-4-7-10(8)16-11(12,13)14/h3-4,6-7H,2,5H2,1H3. The smallest absolute Gasteiger partial charge is 0.405 e. The summed E-state index contributed by atoms with van der Waals surface area (Å²) in [5.74, 6) is -0.782. The normalized spacial score (nSPS) is 11.2. The summed E-state index contributed by atoms with van der Waals surface area (Å²) < 4.78 is 39.9. The van der Waals surface area contributed by atoms with Gasteiger partial charge in [0.05, 0.1) is 5.56 Å². The van der Waals surface area contributed by atoms with Crippen LogP contribution in [0.2, 0.25) is 0 Å². The van der Waals surface area contributed by atoms with Gasteiger partial charge < -0.3 is 4.74 Å². The fourth-order valence-electron chi connectivity index (χ4n) is 1.27. The Morgan fingerprint density at radius 2 is 1.94 bits per heavy atom. The Kier molecular flexibility index (Phi) is 3.93. The summed E-state index contributed by atoms with van der Waals surface area (Å²) in [6.45, 7) is 1.78. The lowest BCUT2D eigenvalue weighted by Crippen LogP contribution is -2.19. The highest BCUT2D eigenvalue weighted by Crippen LogP contribution is 2.27. The molecular weight excluding hydrogens is 221 g/mol. The SMILES string of the molecule is CCCC(=O)c1ccccc1OC(F)(F)F. The molecule has 1 rings (SSSR count). The predicted molar refractivity (Wildman–Crippen MR) is 52.4 cm³/mol. The second kappa shape index (κ2) is 5.01. The third-order valence-electron chi connectivity index (χ3n) is 1.89. The number of alkyl halides is 3. The van der Waals surface area contributed by atoms with Gasteiger partial charge in [0, 0.05) is 6.42 Å². The van der Waals surface area contributed by atoms with Gasteiger partial charge in [-0.25, -0.2) is 0 Å². The number of carbonyl (C=O) groups excluding carboxylic acids is 1. The van der Waals surface area contributed by atoms with E-state index in [-0.39, 0.29) is 17.8 Å². The van der Waals surface area contributed by atoms with Crippen molar-refractivity contribution >= 4 is 5.78 Å². The average molecular weight is 232 g/mol. The minimum atomic E-state index is -4.78. The second-order valence-electron chi connectivity index (χ2n) is 3.22. The van der Waals surface area contributed by atoms with Crippen molar-refractivity contribution in [2.24, 2.45) is 0 Å². The van der Waals surface area contributed by atoms with Crippen LogP contribution in [0.15, 0.2) is 24.3 Å². The Labute approximate surface area is 91.0 Å². The number of hydrogen-bond donors (Lipinski definition) is 0. The monoisotopic (exact) mass is 232 g/mol. The van der Waals surface area contributed by atoms with Crippen molar-refractivity contribution in [1.82, 2.24) is 0 Å². The molecule has 0 amide bonds. The number of halogens is 3. The van der Waals surface area contributed by atoms with Gasteiger partial charge in [0.2, 0.25) is 0 Å². The Bertz CT molecular complexity index is 372. The number of para-hydroxylation sites is 1. The number of ether oxygens (including phenoxy) is 1. The molecular formula is C11H11F3O2. The molecule has 0 aliphatic heterocycles. The van der Waals surface area contributed by atoms with E-state index in [1.54, 1.807) is 6.92 Å². The molecule has 1 aromatic rings. The largest absolute Gasteiger partial charge is 0.573 e. The van der Waals surface area contributed by atoms with Crippen LogP contribution in [-0.4, -0.2) is 12.1 Å². The molecule has 16 heavy (non-hydrogen) atoms. The Hall–Kier alpha value is -1.52. The van der Waals surface area contributed by atoms with Gasteiger partial charge in [-0.3, -0.25) is 4.79 Å². The molecule has 0 heterocycles. The third-order valence-corrected chi connectivity index (χ3v) is 1.89. The summed E-state index contributed by atoms with van der Waals surface area (Å²) in [6, 6.07) is 5.37. The van der Waals surface area contributed by atoms with Crippen LogP contribution in [0.1, 0.15) is 30.1 Å². The molecule has 0 saturated heterocycles. The van der Waals surface area contributed by atoms with Gasteiger partial charge in [-0.1, -0.05) is 19.1 Å². The maximum atomic E-state index is 12.0. The Balaban J connectivity index is 2.96. The van der Waals surface area contributed by atoms with Gasteiger partial charge in [0.1, 0.15) is 5.75 Å². The zero-order valence-electron chi connectivity index (χ0n) is 8.67. The Morgan fingerprint density at radius 3 is 2.50 bits per heavy atom. The molecule has 2 nitrogen and oxygen atoms in total. The van der Waals surface area contributed by atoms with E-state index in [4.69, 9.17) is 0 Å². The lowest BCUT2D eigenvalue weighted by atomic mass is 10.1. The molecule has 0 fully saturated rings. The molecule has 0 aliphatic carbocycles. The molecule has 1 aromatic carbocycles. The average Bonchev–Trinajstić information content (AvgIpc) is 2.16. The fraction of sp³-hybridized carbons (Fsp3) is 0.364. The minimum Gasteiger partial charge on any atom is -0.405 e. The van der Waals surface area contributed by atoms with E-state index in [1.807, 2.05) is 0 Å². The van der Waals surface area contributed by atoms with Crippen LogP contribution in [0.4, 0.5) is 13.2 Å². The van der Waals surface area contributed by atoms with Crippen molar-refractivity contribution in [2.45, 2.75) is 26.1 Å². The van der Waals surface area contributed by atoms with E-state index < -0.39 is 12.1 Å². The molecule has 0 aromatic heterocycles. The topological polar surface area (TPSA) is 26.3 Å². The van der Waals surface area contributed by atoms with Crippen LogP contribution in [0.3, 0.4) is 0 Å². The molecule has 0 aliphatic rings. The number of Topliss-reactive ketones (excluding diaryl/α,β-unsaturated/α-hetero) is 1. The number of hydrogen-bond acceptors (Lipinski definition) is 2. The van der Waals surface area contributed by atoms with Gasteiger partial charge in [-0.2, -0.15) is 0 Å². The highest BCUT2D eigenvalue weighted by molar-refractivity contribution is 5.98. The molecule has 0 atom stereocenters. The van der Waals surface area contributed by atoms with Crippen LogP contribution in [0, 0.1) is 0 Å². The van der Waals surface area contributed by atoms with E-state index in [9.17, 15) is 18.0 Å². The zero-order chi connectivity index (χ0) is 12.2. The summed E-state index contributed by atoms with van der Waals surface area (Å²) in [4.78, 5) is 11.5. The summed E-state index contributed by atoms with van der Waals surface area (Å²) in [7, 11) is 0. The van der Waals surface area contributed by atoms with Crippen molar-refractivity contribution < 1.29 is 22.7 Å². The molecule has 0 N–H and O–H groups in total. The molecule has 0 unspecified atom stereocenters. The molecule has 0 spiro atoms. The number of benzene rings is 1.